The van der Waals surface area contributed by atoms with Gasteiger partial charge in [-0.05, 0) is 62.6 Å². The van der Waals surface area contributed by atoms with Gasteiger partial charge in [-0.2, -0.15) is 0 Å². The van der Waals surface area contributed by atoms with Gasteiger partial charge in [-0.1, -0.05) is 43.2 Å². The molecule has 1 aromatic carbocycles. The molecule has 1 aliphatic rings. The summed E-state index contributed by atoms with van der Waals surface area (Å²) in [5, 5.41) is 3.58. The Morgan fingerprint density at radius 1 is 1.30 bits per heavy atom. The van der Waals surface area contributed by atoms with Gasteiger partial charge in [-0.25, -0.2) is 0 Å². The second-order valence-corrected chi connectivity index (χ2v) is 6.02. The van der Waals surface area contributed by atoms with E-state index in [0.29, 0.717) is 12.0 Å². The summed E-state index contributed by atoms with van der Waals surface area (Å²) in [4.78, 5) is 0. The lowest BCUT2D eigenvalue weighted by Crippen LogP contribution is -2.34. The van der Waals surface area contributed by atoms with E-state index >= 15 is 0 Å². The highest BCUT2D eigenvalue weighted by atomic mass is 14.9. The number of hydrogen-bond acceptors (Lipinski definition) is 1. The fraction of sp³-hybridized carbons (Fsp3) is 0.579. The van der Waals surface area contributed by atoms with Crippen LogP contribution in [0.2, 0.25) is 0 Å². The van der Waals surface area contributed by atoms with E-state index in [1.807, 2.05) is 6.08 Å². The van der Waals surface area contributed by atoms with Gasteiger partial charge in [0.15, 0.2) is 0 Å². The summed E-state index contributed by atoms with van der Waals surface area (Å²) < 4.78 is 0. The van der Waals surface area contributed by atoms with Crippen molar-refractivity contribution >= 4 is 0 Å². The van der Waals surface area contributed by atoms with Crippen LogP contribution in [0.4, 0.5) is 0 Å². The minimum atomic E-state index is 0.639. The Balaban J connectivity index is 1.93. The first-order chi connectivity index (χ1) is 9.86. The number of rotatable bonds is 8. The van der Waals surface area contributed by atoms with Crippen molar-refractivity contribution in [1.82, 2.24) is 5.32 Å². The van der Waals surface area contributed by atoms with Crippen molar-refractivity contribution in [2.45, 2.75) is 63.3 Å². The van der Waals surface area contributed by atoms with Crippen LogP contribution in [0, 0.1) is 0 Å². The van der Waals surface area contributed by atoms with Crippen LogP contribution >= 0.6 is 0 Å². The Labute approximate surface area is 124 Å². The zero-order valence-electron chi connectivity index (χ0n) is 12.9. The number of unbranched alkanes of at least 4 members (excludes halogenated alkanes) is 3. The molecular formula is C19H29N. The molecule has 0 fully saturated rings. The monoisotopic (exact) mass is 271 g/mol. The number of allylic oxidation sites excluding steroid dienone is 1. The van der Waals surface area contributed by atoms with Gasteiger partial charge in [0.1, 0.15) is 0 Å². The Morgan fingerprint density at radius 3 is 2.95 bits per heavy atom. The maximum atomic E-state index is 3.80. The van der Waals surface area contributed by atoms with E-state index in [2.05, 4.69) is 43.2 Å². The Hall–Kier alpha value is -1.08. The largest absolute Gasteiger partial charge is 0.316 e. The third-order valence-electron chi connectivity index (χ3n) is 4.70. The van der Waals surface area contributed by atoms with Gasteiger partial charge in [-0.3, -0.25) is 0 Å². The van der Waals surface area contributed by atoms with Gasteiger partial charge in [0.25, 0.3) is 0 Å². The number of nitrogens with one attached hydrogen (secondary N) is 1. The molecule has 20 heavy (non-hydrogen) atoms. The fourth-order valence-corrected chi connectivity index (χ4v) is 3.59. The second kappa shape index (κ2) is 8.26. The van der Waals surface area contributed by atoms with Crippen molar-refractivity contribution in [2.24, 2.45) is 0 Å². The van der Waals surface area contributed by atoms with Crippen LogP contribution in [0.5, 0.6) is 0 Å². The summed E-state index contributed by atoms with van der Waals surface area (Å²) in [6, 6.07) is 9.69. The first-order valence-corrected chi connectivity index (χ1v) is 8.22. The maximum absolute atomic E-state index is 3.80. The van der Waals surface area contributed by atoms with Crippen LogP contribution in [0.3, 0.4) is 0 Å². The van der Waals surface area contributed by atoms with E-state index in [4.69, 9.17) is 0 Å². The molecule has 1 aromatic rings. The van der Waals surface area contributed by atoms with Crippen molar-refractivity contribution in [2.75, 3.05) is 7.05 Å². The normalized spacial score (nSPS) is 19.4. The Kier molecular flexibility index (Phi) is 6.32. The minimum absolute atomic E-state index is 0.639. The molecule has 1 heteroatoms. The van der Waals surface area contributed by atoms with Crippen molar-refractivity contribution in [3.05, 3.63) is 48.0 Å². The van der Waals surface area contributed by atoms with Gasteiger partial charge in [-0.15, -0.1) is 6.58 Å². The second-order valence-electron chi connectivity index (χ2n) is 6.02. The van der Waals surface area contributed by atoms with Crippen LogP contribution < -0.4 is 5.32 Å². The molecule has 0 aliphatic heterocycles. The number of benzene rings is 1. The molecule has 0 radical (unpaired) electrons. The minimum Gasteiger partial charge on any atom is -0.316 e. The number of aryl methyl sites for hydroxylation is 1. The molecule has 0 saturated heterocycles. The van der Waals surface area contributed by atoms with E-state index in [1.165, 1.54) is 44.9 Å². The van der Waals surface area contributed by atoms with Crippen molar-refractivity contribution in [3.8, 4) is 0 Å². The average Bonchev–Trinajstić information content (AvgIpc) is 2.51. The first kappa shape index (κ1) is 15.3. The number of hydrogen-bond donors (Lipinski definition) is 1. The molecule has 2 atom stereocenters. The summed E-state index contributed by atoms with van der Waals surface area (Å²) in [5.74, 6) is 0.712. The van der Waals surface area contributed by atoms with Crippen LogP contribution in [0.15, 0.2) is 36.9 Å². The van der Waals surface area contributed by atoms with Crippen LogP contribution in [-0.2, 0) is 6.42 Å². The summed E-state index contributed by atoms with van der Waals surface area (Å²) in [6.07, 6.45) is 12.4. The van der Waals surface area contributed by atoms with Gasteiger partial charge in [0.05, 0.1) is 0 Å². The molecule has 0 aromatic heterocycles. The molecule has 0 heterocycles. The summed E-state index contributed by atoms with van der Waals surface area (Å²) in [5.41, 5.74) is 3.18. The van der Waals surface area contributed by atoms with E-state index in [0.717, 1.165) is 6.42 Å². The molecule has 0 spiro atoms. The molecule has 1 nitrogen and oxygen atoms in total. The Bertz CT molecular complexity index is 410. The molecule has 2 unspecified atom stereocenters. The lowest BCUT2D eigenvalue weighted by atomic mass is 9.77. The van der Waals surface area contributed by atoms with E-state index in [9.17, 15) is 0 Å². The van der Waals surface area contributed by atoms with E-state index < -0.39 is 0 Å². The summed E-state index contributed by atoms with van der Waals surface area (Å²) >= 11 is 0. The Morgan fingerprint density at radius 2 is 2.15 bits per heavy atom. The maximum Gasteiger partial charge on any atom is 0.0133 e. The quantitative estimate of drug-likeness (QED) is 0.527. The van der Waals surface area contributed by atoms with Crippen molar-refractivity contribution < 1.29 is 0 Å². The molecule has 0 saturated carbocycles. The lowest BCUT2D eigenvalue weighted by Gasteiger charge is -2.32. The molecule has 110 valence electrons. The smallest absolute Gasteiger partial charge is 0.0133 e. The van der Waals surface area contributed by atoms with Gasteiger partial charge in [0, 0.05) is 6.04 Å². The van der Waals surface area contributed by atoms with Crippen LogP contribution in [0.1, 0.15) is 62.0 Å². The van der Waals surface area contributed by atoms with E-state index in [-0.39, 0.29) is 0 Å². The lowest BCUT2D eigenvalue weighted by molar-refractivity contribution is 0.381. The van der Waals surface area contributed by atoms with Crippen molar-refractivity contribution in [3.63, 3.8) is 0 Å². The molecule has 2 rings (SSSR count). The summed E-state index contributed by atoms with van der Waals surface area (Å²) in [7, 11) is 2.13. The summed E-state index contributed by atoms with van der Waals surface area (Å²) in [6.45, 7) is 3.80. The van der Waals surface area contributed by atoms with Gasteiger partial charge >= 0.3 is 0 Å². The predicted octanol–water partition coefficient (Wildman–Crippen LogP) is 4.83. The third-order valence-corrected chi connectivity index (χ3v) is 4.70. The first-order valence-electron chi connectivity index (χ1n) is 8.22. The molecule has 0 amide bonds. The average molecular weight is 271 g/mol. The molecule has 1 N–H and O–H groups in total. The van der Waals surface area contributed by atoms with E-state index in [1.54, 1.807) is 11.1 Å². The van der Waals surface area contributed by atoms with Gasteiger partial charge in [0.2, 0.25) is 0 Å². The molecule has 1 aliphatic carbocycles. The highest BCUT2D eigenvalue weighted by molar-refractivity contribution is 5.33. The zero-order valence-corrected chi connectivity index (χ0v) is 12.9. The molecular weight excluding hydrogens is 242 g/mol. The fourth-order valence-electron chi connectivity index (χ4n) is 3.59. The molecule has 0 bridgehead atoms. The van der Waals surface area contributed by atoms with Crippen molar-refractivity contribution in [1.29, 1.82) is 0 Å². The highest BCUT2D eigenvalue weighted by Crippen LogP contribution is 2.35. The van der Waals surface area contributed by atoms with Crippen LogP contribution in [0.25, 0.3) is 0 Å². The van der Waals surface area contributed by atoms with Gasteiger partial charge < -0.3 is 5.32 Å². The topological polar surface area (TPSA) is 12.0 Å². The standard InChI is InChI=1S/C19H29N/c1-3-4-5-6-7-15-19(20-2)18-14-10-12-16-11-8-9-13-17(16)18/h3,8-9,11,13,18-20H,1,4-7,10,12,14-15H2,2H3. The third kappa shape index (κ3) is 3.96. The number of fused-ring (bicyclic) bond motifs is 1. The highest BCUT2D eigenvalue weighted by Gasteiger charge is 2.26. The SMILES string of the molecule is C=CCCCCCC(NC)C1CCCc2ccccc21. The van der Waals surface area contributed by atoms with Crippen LogP contribution in [-0.4, -0.2) is 13.1 Å². The zero-order chi connectivity index (χ0) is 14.2. The number of likely N-dealkylation sites (N-methyl/N-ethyl adjacent to an activating group) is 1. The predicted molar refractivity (Wildman–Crippen MR) is 88.3 cm³/mol.